The molecule has 2 aromatic heterocycles. The van der Waals surface area contributed by atoms with Crippen LogP contribution >= 0.6 is 11.3 Å². The first-order valence-corrected chi connectivity index (χ1v) is 12.1. The van der Waals surface area contributed by atoms with E-state index in [1.54, 1.807) is 30.3 Å². The minimum atomic E-state index is -1.01. The van der Waals surface area contributed by atoms with Crippen LogP contribution in [0.2, 0.25) is 0 Å². The molecule has 1 unspecified atom stereocenters. The van der Waals surface area contributed by atoms with E-state index in [0.29, 0.717) is 16.3 Å². The minimum Gasteiger partial charge on any atom is -0.508 e. The van der Waals surface area contributed by atoms with Crippen molar-refractivity contribution >= 4 is 49.3 Å². The number of anilines is 1. The number of ketones is 1. The predicted octanol–water partition coefficient (Wildman–Crippen LogP) is 6.15. The highest BCUT2D eigenvalue weighted by molar-refractivity contribution is 7.22. The molecule has 0 spiro atoms. The summed E-state index contributed by atoms with van der Waals surface area (Å²) in [7, 11) is 0. The molecule has 1 aliphatic heterocycles. The molecular weight excluding hydrogens is 476 g/mol. The highest BCUT2D eigenvalue weighted by Gasteiger charge is 2.46. The van der Waals surface area contributed by atoms with Crippen LogP contribution in [0.25, 0.3) is 21.2 Å². The maximum absolute atomic E-state index is 13.7. The van der Waals surface area contributed by atoms with Crippen LogP contribution in [0, 0.1) is 13.8 Å². The zero-order valence-electron chi connectivity index (χ0n) is 19.4. The molecule has 5 aromatic rings. The van der Waals surface area contributed by atoms with Crippen molar-refractivity contribution in [1.29, 1.82) is 0 Å². The van der Waals surface area contributed by atoms with Crippen LogP contribution in [0.15, 0.2) is 82.5 Å². The number of carbonyl (C=O) groups is 2. The summed E-state index contributed by atoms with van der Waals surface area (Å²) in [5.41, 5.74) is 3.63. The van der Waals surface area contributed by atoms with Crippen molar-refractivity contribution in [3.05, 3.63) is 101 Å². The third-order valence-electron chi connectivity index (χ3n) is 6.31. The number of aromatic hydroxyl groups is 1. The smallest absolute Gasteiger partial charge is 0.296 e. The Balaban J connectivity index is 1.53. The van der Waals surface area contributed by atoms with E-state index < -0.39 is 23.5 Å². The number of phenols is 1. The van der Waals surface area contributed by atoms with Crippen LogP contribution in [0.3, 0.4) is 0 Å². The van der Waals surface area contributed by atoms with Gasteiger partial charge in [-0.1, -0.05) is 47.7 Å². The van der Waals surface area contributed by atoms with Crippen molar-refractivity contribution in [2.24, 2.45) is 0 Å². The number of benzene rings is 3. The number of hydrogen-bond acceptors (Lipinski definition) is 7. The van der Waals surface area contributed by atoms with Crippen molar-refractivity contribution in [3.8, 4) is 5.75 Å². The van der Waals surface area contributed by atoms with Crippen LogP contribution in [-0.2, 0) is 4.79 Å². The van der Waals surface area contributed by atoms with Gasteiger partial charge in [-0.15, -0.1) is 0 Å². The maximum atomic E-state index is 13.7. The first-order chi connectivity index (χ1) is 17.3. The summed E-state index contributed by atoms with van der Waals surface area (Å²) in [5.74, 6) is -2.04. The van der Waals surface area contributed by atoms with Crippen LogP contribution in [0.1, 0.15) is 33.3 Å². The molecule has 3 heterocycles. The molecular formula is C28H20N2O5S. The second-order valence-corrected chi connectivity index (χ2v) is 9.85. The molecule has 1 aliphatic rings. The average Bonchev–Trinajstić information content (AvgIpc) is 3.53. The average molecular weight is 497 g/mol. The Hall–Kier alpha value is -4.43. The summed E-state index contributed by atoms with van der Waals surface area (Å²) in [6.07, 6.45) is 0. The lowest BCUT2D eigenvalue weighted by Gasteiger charge is -2.24. The van der Waals surface area contributed by atoms with Crippen molar-refractivity contribution in [1.82, 2.24) is 4.98 Å². The van der Waals surface area contributed by atoms with Crippen LogP contribution in [-0.4, -0.2) is 26.9 Å². The van der Waals surface area contributed by atoms with Crippen LogP contribution in [0.5, 0.6) is 5.75 Å². The summed E-state index contributed by atoms with van der Waals surface area (Å²) < 4.78 is 6.65. The first kappa shape index (κ1) is 22.1. The van der Waals surface area contributed by atoms with Gasteiger partial charge in [0.25, 0.3) is 5.91 Å². The molecule has 3 aromatic carbocycles. The number of Topliss-reactive ketones (excluding diaryl/α,β-unsaturated/α-hetero) is 1. The van der Waals surface area contributed by atoms with Crippen LogP contribution < -0.4 is 4.90 Å². The molecule has 0 fully saturated rings. The summed E-state index contributed by atoms with van der Waals surface area (Å²) in [4.78, 5) is 33.2. The van der Waals surface area contributed by atoms with E-state index in [1.807, 2.05) is 38.1 Å². The van der Waals surface area contributed by atoms with Crippen molar-refractivity contribution < 1.29 is 24.2 Å². The molecule has 8 heteroatoms. The Bertz CT molecular complexity index is 1710. The van der Waals surface area contributed by atoms with E-state index in [-0.39, 0.29) is 17.1 Å². The fourth-order valence-corrected chi connectivity index (χ4v) is 5.90. The number of hydrogen-bond donors (Lipinski definition) is 2. The zero-order chi connectivity index (χ0) is 25.1. The van der Waals surface area contributed by atoms with Gasteiger partial charge in [0.15, 0.2) is 16.7 Å². The molecule has 0 aliphatic carbocycles. The van der Waals surface area contributed by atoms with E-state index in [1.165, 1.54) is 28.4 Å². The lowest BCUT2D eigenvalue weighted by molar-refractivity contribution is -0.117. The normalized spacial score (nSPS) is 16.0. The molecule has 1 atom stereocenters. The lowest BCUT2D eigenvalue weighted by Crippen LogP contribution is -2.30. The molecule has 1 amide bonds. The topological polar surface area (TPSA) is 104 Å². The summed E-state index contributed by atoms with van der Waals surface area (Å²) >= 11 is 1.30. The Kier molecular flexibility index (Phi) is 4.94. The lowest BCUT2D eigenvalue weighted by atomic mass is 9.95. The number of amides is 1. The number of fused-ring (bicyclic) bond motifs is 2. The van der Waals surface area contributed by atoms with E-state index in [9.17, 15) is 19.8 Å². The molecule has 7 nitrogen and oxygen atoms in total. The van der Waals surface area contributed by atoms with E-state index >= 15 is 0 Å². The van der Waals surface area contributed by atoms with Gasteiger partial charge in [0.05, 0.1) is 21.8 Å². The number of phenolic OH excluding ortho intramolecular Hbond substituents is 1. The number of rotatable bonds is 4. The number of aryl methyl sites for hydroxylation is 2. The van der Waals surface area contributed by atoms with E-state index in [0.717, 1.165) is 26.7 Å². The Morgan fingerprint density at radius 2 is 1.83 bits per heavy atom. The molecule has 0 saturated carbocycles. The standard InChI is InChI=1S/C28H20N2O5S/c1-14-10-15(2)23-21(11-14)36-28(29-23)30-24(17-7-5-8-18(31)12-17)22(26(33)27(30)34)25(32)20-13-16-6-3-4-9-19(16)35-20/h3-13,24,31,33H,1-2H3. The first-order valence-electron chi connectivity index (χ1n) is 11.3. The fourth-order valence-electron chi connectivity index (χ4n) is 4.73. The summed E-state index contributed by atoms with van der Waals surface area (Å²) in [5, 5.41) is 22.3. The third kappa shape index (κ3) is 3.37. The number of nitrogens with zero attached hydrogens (tertiary/aromatic N) is 2. The quantitative estimate of drug-likeness (QED) is 0.289. The molecule has 0 bridgehead atoms. The predicted molar refractivity (Wildman–Crippen MR) is 138 cm³/mol. The summed E-state index contributed by atoms with van der Waals surface area (Å²) in [6.45, 7) is 3.93. The number of aromatic nitrogens is 1. The van der Waals surface area contributed by atoms with Gasteiger partial charge in [-0.05, 0) is 60.9 Å². The Labute approximate surface area is 209 Å². The monoisotopic (exact) mass is 496 g/mol. The summed E-state index contributed by atoms with van der Waals surface area (Å²) in [6, 6.07) is 18.0. The van der Waals surface area contributed by atoms with Gasteiger partial charge in [0.2, 0.25) is 5.78 Å². The van der Waals surface area contributed by atoms with E-state index in [2.05, 4.69) is 0 Å². The highest BCUT2D eigenvalue weighted by atomic mass is 32.1. The van der Waals surface area contributed by atoms with Gasteiger partial charge >= 0.3 is 0 Å². The molecule has 6 rings (SSSR count). The Morgan fingerprint density at radius 1 is 1.03 bits per heavy atom. The van der Waals surface area contributed by atoms with Gasteiger partial charge in [0.1, 0.15) is 11.3 Å². The van der Waals surface area contributed by atoms with Crippen LogP contribution in [0.4, 0.5) is 5.13 Å². The Morgan fingerprint density at radius 3 is 2.61 bits per heavy atom. The maximum Gasteiger partial charge on any atom is 0.296 e. The van der Waals surface area contributed by atoms with Crippen molar-refractivity contribution in [2.45, 2.75) is 19.9 Å². The number of carbonyl (C=O) groups excluding carboxylic acids is 2. The largest absolute Gasteiger partial charge is 0.508 e. The second kappa shape index (κ2) is 8.07. The molecule has 0 saturated heterocycles. The van der Waals surface area contributed by atoms with Crippen molar-refractivity contribution in [3.63, 3.8) is 0 Å². The van der Waals surface area contributed by atoms with Crippen molar-refractivity contribution in [2.75, 3.05) is 4.90 Å². The molecule has 36 heavy (non-hydrogen) atoms. The number of thiazole rings is 1. The van der Waals surface area contributed by atoms with Gasteiger partial charge in [-0.25, -0.2) is 4.98 Å². The van der Waals surface area contributed by atoms with E-state index in [4.69, 9.17) is 9.40 Å². The number of furan rings is 1. The molecule has 0 radical (unpaired) electrons. The molecule has 2 N–H and O–H groups in total. The second-order valence-electron chi connectivity index (χ2n) is 8.84. The number of aliphatic hydroxyl groups excluding tert-OH is 1. The van der Waals surface area contributed by atoms with Gasteiger partial charge < -0.3 is 14.6 Å². The zero-order valence-corrected chi connectivity index (χ0v) is 20.2. The highest BCUT2D eigenvalue weighted by Crippen LogP contribution is 2.45. The molecule has 178 valence electrons. The minimum absolute atomic E-state index is 0.00771. The third-order valence-corrected chi connectivity index (χ3v) is 7.31. The van der Waals surface area contributed by atoms with Gasteiger partial charge in [0, 0.05) is 5.39 Å². The SMILES string of the molecule is Cc1cc(C)c2nc(N3C(=O)C(O)=C(C(=O)c4cc5ccccc5o4)C3c3cccc(O)c3)sc2c1. The van der Waals surface area contributed by atoms with Gasteiger partial charge in [-0.3, -0.25) is 14.5 Å². The number of aliphatic hydroxyl groups is 1. The number of para-hydroxylation sites is 1. The fraction of sp³-hybridized carbons (Fsp3) is 0.107. The van der Waals surface area contributed by atoms with Gasteiger partial charge in [-0.2, -0.15) is 0 Å².